The van der Waals surface area contributed by atoms with E-state index in [1.54, 1.807) is 0 Å². The van der Waals surface area contributed by atoms with Crippen LogP contribution in [-0.4, -0.2) is 19.2 Å². The fraction of sp³-hybridized carbons (Fsp3) is 1.00. The quantitative estimate of drug-likeness (QED) is 0.500. The molecule has 0 spiro atoms. The summed E-state index contributed by atoms with van der Waals surface area (Å²) in [6.45, 7) is 1.10. The van der Waals surface area contributed by atoms with Crippen molar-refractivity contribution in [2.24, 2.45) is 0 Å². The normalized spacial score (nSPS) is 31.3. The molecule has 1 radical (unpaired) electrons. The van der Waals surface area contributed by atoms with Gasteiger partial charge in [-0.2, -0.15) is 0 Å². The van der Waals surface area contributed by atoms with Crippen molar-refractivity contribution >= 4 is 0 Å². The van der Waals surface area contributed by atoms with Gasteiger partial charge < -0.3 is 5.32 Å². The largest absolute Gasteiger partial charge is 0.312 e. The van der Waals surface area contributed by atoms with Crippen molar-refractivity contribution in [3.05, 3.63) is 0 Å². The van der Waals surface area contributed by atoms with Crippen molar-refractivity contribution in [2.75, 3.05) is 13.2 Å². The van der Waals surface area contributed by atoms with Crippen LogP contribution < -0.4 is 5.32 Å². The lowest BCUT2D eigenvalue weighted by Gasteiger charge is -1.99. The molecule has 1 aliphatic heterocycles. The highest BCUT2D eigenvalue weighted by Gasteiger charge is 2.11. The van der Waals surface area contributed by atoms with Gasteiger partial charge in [-0.15, -0.1) is 0 Å². The van der Waals surface area contributed by atoms with Crippen LogP contribution in [0.5, 0.6) is 0 Å². The number of hydrogen-bond donors (Lipinski definition) is 1. The van der Waals surface area contributed by atoms with Crippen molar-refractivity contribution in [2.45, 2.75) is 18.9 Å². The minimum Gasteiger partial charge on any atom is -0.312 e. The van der Waals surface area contributed by atoms with E-state index in [0.717, 1.165) is 13.0 Å². The van der Waals surface area contributed by atoms with Crippen LogP contribution in [-0.2, 0) is 5.11 Å². The van der Waals surface area contributed by atoms with Gasteiger partial charge in [0, 0.05) is 6.04 Å². The molecule has 1 fully saturated rings. The lowest BCUT2D eigenvalue weighted by Crippen LogP contribution is -2.23. The summed E-state index contributed by atoms with van der Waals surface area (Å²) in [6.07, 6.45) is 2.27. The number of nitrogens with one attached hydrogen (secondary N) is 1. The van der Waals surface area contributed by atoms with E-state index in [1.807, 2.05) is 0 Å². The fourth-order valence-electron chi connectivity index (χ4n) is 0.899. The molecule has 1 heterocycles. The molecule has 7 heavy (non-hydrogen) atoms. The molecular weight excluding hydrogens is 90.1 g/mol. The van der Waals surface area contributed by atoms with E-state index in [1.165, 1.54) is 6.42 Å². The Hall–Kier alpha value is -0.0800. The highest BCUT2D eigenvalue weighted by atomic mass is 16.3. The van der Waals surface area contributed by atoms with Crippen LogP contribution in [0.25, 0.3) is 0 Å². The second kappa shape index (κ2) is 2.28. The zero-order valence-electron chi connectivity index (χ0n) is 4.31. The van der Waals surface area contributed by atoms with E-state index in [2.05, 4.69) is 5.32 Å². The summed E-state index contributed by atoms with van der Waals surface area (Å²) in [4.78, 5) is 0. The molecule has 1 saturated heterocycles. The van der Waals surface area contributed by atoms with Gasteiger partial charge >= 0.3 is 0 Å². The van der Waals surface area contributed by atoms with Gasteiger partial charge in [0.2, 0.25) is 0 Å². The fourth-order valence-corrected chi connectivity index (χ4v) is 0.899. The lowest BCUT2D eigenvalue weighted by molar-refractivity contribution is 0.166. The Balaban J connectivity index is 2.14. The zero-order chi connectivity index (χ0) is 5.11. The van der Waals surface area contributed by atoms with Crippen LogP contribution in [0.1, 0.15) is 12.8 Å². The van der Waals surface area contributed by atoms with E-state index >= 15 is 0 Å². The van der Waals surface area contributed by atoms with Crippen LogP contribution in [0.2, 0.25) is 0 Å². The van der Waals surface area contributed by atoms with Gasteiger partial charge in [-0.1, -0.05) is 0 Å². The molecule has 0 amide bonds. The minimum atomic E-state index is 0.0556. The van der Waals surface area contributed by atoms with Crippen molar-refractivity contribution in [1.82, 2.24) is 5.32 Å². The van der Waals surface area contributed by atoms with Gasteiger partial charge in [0.25, 0.3) is 0 Å². The summed E-state index contributed by atoms with van der Waals surface area (Å²) in [5.41, 5.74) is 0. The summed E-state index contributed by atoms with van der Waals surface area (Å²) >= 11 is 0. The maximum Gasteiger partial charge on any atom is 0.0975 e. The standard InChI is InChI=1S/C5H10NO/c7-4-5-2-1-3-6-5/h5-6H,1-4H2/t5-/m0/s1. The smallest absolute Gasteiger partial charge is 0.0975 e. The molecule has 1 aliphatic rings. The first kappa shape index (κ1) is 5.06. The Morgan fingerprint density at radius 3 is 2.86 bits per heavy atom. The molecule has 1 rings (SSSR count). The number of rotatable bonds is 1. The third-order valence-electron chi connectivity index (χ3n) is 1.36. The first-order valence-corrected chi connectivity index (χ1v) is 2.75. The topological polar surface area (TPSA) is 31.9 Å². The molecule has 1 atom stereocenters. The molecule has 0 saturated carbocycles. The monoisotopic (exact) mass is 100 g/mol. The SMILES string of the molecule is [O]C[C@@H]1CCCN1. The van der Waals surface area contributed by atoms with Gasteiger partial charge in [-0.05, 0) is 19.4 Å². The second-order valence-electron chi connectivity index (χ2n) is 1.96. The molecule has 2 heteroatoms. The summed E-state index contributed by atoms with van der Waals surface area (Å²) in [6, 6.07) is 0.292. The van der Waals surface area contributed by atoms with Crippen LogP contribution in [0, 0.1) is 0 Å². The van der Waals surface area contributed by atoms with E-state index in [-0.39, 0.29) is 6.61 Å². The summed E-state index contributed by atoms with van der Waals surface area (Å²) in [5.74, 6) is 0. The summed E-state index contributed by atoms with van der Waals surface area (Å²) in [7, 11) is 0. The maximum absolute atomic E-state index is 10.1. The third-order valence-corrected chi connectivity index (χ3v) is 1.36. The molecule has 0 bridgehead atoms. The Labute approximate surface area is 43.5 Å². The molecule has 0 aromatic rings. The molecular formula is C5H10NO. The average molecular weight is 100 g/mol. The highest BCUT2D eigenvalue weighted by molar-refractivity contribution is 4.71. The third kappa shape index (κ3) is 1.14. The minimum absolute atomic E-state index is 0.0556. The van der Waals surface area contributed by atoms with Crippen molar-refractivity contribution in [1.29, 1.82) is 0 Å². The van der Waals surface area contributed by atoms with Gasteiger partial charge in [0.1, 0.15) is 0 Å². The van der Waals surface area contributed by atoms with Crippen LogP contribution >= 0.6 is 0 Å². The predicted molar refractivity (Wildman–Crippen MR) is 26.6 cm³/mol. The average Bonchev–Trinajstić information content (AvgIpc) is 2.14. The Morgan fingerprint density at radius 1 is 1.71 bits per heavy atom. The Morgan fingerprint density at radius 2 is 2.57 bits per heavy atom. The van der Waals surface area contributed by atoms with Crippen LogP contribution in [0.3, 0.4) is 0 Å². The summed E-state index contributed by atoms with van der Waals surface area (Å²) < 4.78 is 0. The van der Waals surface area contributed by atoms with Gasteiger partial charge in [0.05, 0.1) is 6.61 Å². The van der Waals surface area contributed by atoms with E-state index in [4.69, 9.17) is 0 Å². The maximum atomic E-state index is 10.1. The molecule has 0 aliphatic carbocycles. The highest BCUT2D eigenvalue weighted by Crippen LogP contribution is 2.02. The predicted octanol–water partition coefficient (Wildman–Crippen LogP) is 0.169. The zero-order valence-corrected chi connectivity index (χ0v) is 4.31. The van der Waals surface area contributed by atoms with Gasteiger partial charge in [-0.3, -0.25) is 0 Å². The van der Waals surface area contributed by atoms with Crippen LogP contribution in [0.15, 0.2) is 0 Å². The second-order valence-corrected chi connectivity index (χ2v) is 1.96. The van der Waals surface area contributed by atoms with Crippen LogP contribution in [0.4, 0.5) is 0 Å². The van der Waals surface area contributed by atoms with E-state index < -0.39 is 0 Å². The molecule has 0 aromatic heterocycles. The van der Waals surface area contributed by atoms with E-state index in [9.17, 15) is 5.11 Å². The Bertz CT molecular complexity index is 50.0. The molecule has 41 valence electrons. The molecule has 2 nitrogen and oxygen atoms in total. The summed E-state index contributed by atoms with van der Waals surface area (Å²) in [5, 5.41) is 13.2. The Kier molecular flexibility index (Phi) is 1.65. The first-order chi connectivity index (χ1) is 3.43. The lowest BCUT2D eigenvalue weighted by atomic mass is 10.2. The van der Waals surface area contributed by atoms with Crippen molar-refractivity contribution in [3.63, 3.8) is 0 Å². The van der Waals surface area contributed by atoms with Crippen molar-refractivity contribution < 1.29 is 5.11 Å². The van der Waals surface area contributed by atoms with Gasteiger partial charge in [-0.25, -0.2) is 5.11 Å². The molecule has 0 aromatic carbocycles. The number of hydrogen-bond acceptors (Lipinski definition) is 1. The van der Waals surface area contributed by atoms with Gasteiger partial charge in [0.15, 0.2) is 0 Å². The molecule has 1 N–H and O–H groups in total. The first-order valence-electron chi connectivity index (χ1n) is 2.75. The van der Waals surface area contributed by atoms with E-state index in [0.29, 0.717) is 6.04 Å². The van der Waals surface area contributed by atoms with Crippen molar-refractivity contribution in [3.8, 4) is 0 Å². The molecule has 0 unspecified atom stereocenters.